The molecule has 1 unspecified atom stereocenters. The molecule has 0 fully saturated rings. The number of amides is 1. The molecule has 1 aliphatic heterocycles. The molecule has 33 heavy (non-hydrogen) atoms. The van der Waals surface area contributed by atoms with Crippen molar-refractivity contribution in [1.29, 1.82) is 0 Å². The molecule has 3 rings (SSSR count). The number of rotatable bonds is 3. The summed E-state index contributed by atoms with van der Waals surface area (Å²) in [7, 11) is 0. The van der Waals surface area contributed by atoms with E-state index in [1.165, 1.54) is 0 Å². The Balaban J connectivity index is 2.12. The van der Waals surface area contributed by atoms with Crippen molar-refractivity contribution in [2.75, 3.05) is 35.8 Å². The van der Waals surface area contributed by atoms with E-state index in [-0.39, 0.29) is 31.5 Å². The summed E-state index contributed by atoms with van der Waals surface area (Å²) in [4.78, 5) is 33.2. The molecule has 1 aromatic carbocycles. The number of benzene rings is 1. The Labute approximate surface area is 190 Å². The molecular weight excluding hydrogens is 432 g/mol. The van der Waals surface area contributed by atoms with Gasteiger partial charge in [-0.15, -0.1) is 0 Å². The van der Waals surface area contributed by atoms with E-state index < -0.39 is 28.6 Å². The number of hydrogen-bond acceptors (Lipinski definition) is 10. The zero-order chi connectivity index (χ0) is 23.8. The number of nitrogens with two attached hydrogens (primary N) is 1. The zero-order valence-electron chi connectivity index (χ0n) is 18.4. The average Bonchev–Trinajstić information content (AvgIpc) is 2.78. The third-order valence-electron chi connectivity index (χ3n) is 5.08. The summed E-state index contributed by atoms with van der Waals surface area (Å²) in [5.74, 6) is -0.110. The van der Waals surface area contributed by atoms with Gasteiger partial charge in [0, 0.05) is 0 Å². The molecule has 178 valence electrons. The Hall–Kier alpha value is -3.67. The number of hydrogen-bond donors (Lipinski definition) is 3. The van der Waals surface area contributed by atoms with Crippen LogP contribution in [0.15, 0.2) is 24.3 Å². The molecule has 1 amide bonds. The molecule has 4 bridgehead atoms. The molecule has 1 aromatic heterocycles. The van der Waals surface area contributed by atoms with Crippen molar-refractivity contribution in [3.8, 4) is 5.75 Å². The lowest BCUT2D eigenvalue weighted by atomic mass is 10.1. The normalized spacial score (nSPS) is 16.9. The lowest BCUT2D eigenvalue weighted by Gasteiger charge is -2.23. The molecule has 0 radical (unpaired) electrons. The highest BCUT2D eigenvalue weighted by atomic mass is 16.6. The van der Waals surface area contributed by atoms with Crippen molar-refractivity contribution in [2.24, 2.45) is 0 Å². The molecular formula is C21H28N6O6. The van der Waals surface area contributed by atoms with Gasteiger partial charge in [-0.25, -0.2) is 4.79 Å². The van der Waals surface area contributed by atoms with Gasteiger partial charge in [0.15, 0.2) is 0 Å². The molecule has 4 N–H and O–H groups in total. The lowest BCUT2D eigenvalue weighted by molar-refractivity contribution is -0.383. The number of nitrogens with zero attached hydrogens (tertiary/aromatic N) is 4. The number of nitrogen functional groups attached to an aromatic ring is 1. The largest absolute Gasteiger partial charge is 0.494 e. The number of fused-ring (bicyclic) bond motifs is 4. The van der Waals surface area contributed by atoms with Crippen LogP contribution in [0.25, 0.3) is 0 Å². The molecule has 2 aromatic rings. The second kappa shape index (κ2) is 11.3. The van der Waals surface area contributed by atoms with Gasteiger partial charge in [-0.2, -0.15) is 9.97 Å². The fraction of sp³-hybridized carbons (Fsp3) is 0.476. The standard InChI is InChI=1S/C21H28N6O6/c1-2-32-21(29)26-12-14-7-6-9-16(11-14)33-10-5-3-4-8-15(13-28)23-20-24-18(22)17(27(30)31)19(26)25-20/h6-7,9,11,15,28H,2-5,8,10,12-13H2,1H3,(H3,22,23,24,25). The van der Waals surface area contributed by atoms with Crippen LogP contribution >= 0.6 is 0 Å². The number of aromatic nitrogens is 2. The first kappa shape index (κ1) is 24.0. The molecule has 1 atom stereocenters. The van der Waals surface area contributed by atoms with Crippen LogP contribution in [0.1, 0.15) is 38.2 Å². The number of carbonyl (C=O) groups is 1. The summed E-state index contributed by atoms with van der Waals surface area (Å²) >= 11 is 0. The predicted octanol–water partition coefficient (Wildman–Crippen LogP) is 2.86. The number of nitrogens with one attached hydrogen (secondary N) is 1. The predicted molar refractivity (Wildman–Crippen MR) is 121 cm³/mol. The first-order chi connectivity index (χ1) is 15.9. The minimum absolute atomic E-state index is 0.0226. The van der Waals surface area contributed by atoms with Crippen LogP contribution in [-0.4, -0.2) is 52.0 Å². The molecule has 1 aliphatic rings. The zero-order valence-corrected chi connectivity index (χ0v) is 18.4. The molecule has 0 spiro atoms. The van der Waals surface area contributed by atoms with Crippen LogP contribution < -0.4 is 20.7 Å². The van der Waals surface area contributed by atoms with E-state index in [1.54, 1.807) is 31.2 Å². The average molecular weight is 460 g/mol. The minimum atomic E-state index is -0.823. The summed E-state index contributed by atoms with van der Waals surface area (Å²) in [6.07, 6.45) is 2.33. The SMILES string of the molecule is CCOC(=O)N1Cc2cccc(c2)OCCCCCC(CO)Nc2nc(N)c([N+](=O)[O-])c1n2. The highest BCUT2D eigenvalue weighted by Crippen LogP contribution is 2.34. The van der Waals surface area contributed by atoms with Crippen LogP contribution in [0.4, 0.5) is 28.1 Å². The van der Waals surface area contributed by atoms with Crippen LogP contribution in [0.2, 0.25) is 0 Å². The van der Waals surface area contributed by atoms with Crippen molar-refractivity contribution in [3.63, 3.8) is 0 Å². The van der Waals surface area contributed by atoms with E-state index in [1.807, 2.05) is 0 Å². The van der Waals surface area contributed by atoms with Crippen LogP contribution in [-0.2, 0) is 11.3 Å². The molecule has 0 saturated carbocycles. The Morgan fingerprint density at radius 2 is 2.21 bits per heavy atom. The number of ether oxygens (including phenoxy) is 2. The number of carbonyl (C=O) groups excluding carboxylic acids is 1. The van der Waals surface area contributed by atoms with Gasteiger partial charge in [-0.3, -0.25) is 15.0 Å². The molecule has 0 aliphatic carbocycles. The van der Waals surface area contributed by atoms with Gasteiger partial charge in [0.2, 0.25) is 17.6 Å². The van der Waals surface area contributed by atoms with Gasteiger partial charge < -0.3 is 25.6 Å². The highest BCUT2D eigenvalue weighted by molar-refractivity contribution is 5.91. The van der Waals surface area contributed by atoms with Crippen LogP contribution in [0.5, 0.6) is 5.75 Å². The second-order valence-electron chi connectivity index (χ2n) is 7.52. The highest BCUT2D eigenvalue weighted by Gasteiger charge is 2.32. The summed E-state index contributed by atoms with van der Waals surface area (Å²) in [6.45, 7) is 1.94. The molecule has 12 heteroatoms. The van der Waals surface area contributed by atoms with Crippen molar-refractivity contribution < 1.29 is 24.3 Å². The maximum atomic E-state index is 12.8. The fourth-order valence-electron chi connectivity index (χ4n) is 3.48. The smallest absolute Gasteiger partial charge is 0.415 e. The van der Waals surface area contributed by atoms with Gasteiger partial charge >= 0.3 is 11.8 Å². The maximum Gasteiger partial charge on any atom is 0.415 e. The number of aliphatic hydroxyl groups excluding tert-OH is 1. The van der Waals surface area contributed by atoms with E-state index in [0.29, 0.717) is 24.3 Å². The minimum Gasteiger partial charge on any atom is -0.494 e. The summed E-state index contributed by atoms with van der Waals surface area (Å²) in [5.41, 5.74) is 5.95. The van der Waals surface area contributed by atoms with Crippen LogP contribution in [0, 0.1) is 10.1 Å². The first-order valence-corrected chi connectivity index (χ1v) is 10.8. The van der Waals surface area contributed by atoms with E-state index in [2.05, 4.69) is 15.3 Å². The van der Waals surface area contributed by atoms with Gasteiger partial charge in [0.25, 0.3) is 0 Å². The van der Waals surface area contributed by atoms with Crippen LogP contribution in [0.3, 0.4) is 0 Å². The molecule has 12 nitrogen and oxygen atoms in total. The fourth-order valence-corrected chi connectivity index (χ4v) is 3.48. The summed E-state index contributed by atoms with van der Waals surface area (Å²) < 4.78 is 11.0. The summed E-state index contributed by atoms with van der Waals surface area (Å²) in [6, 6.07) is 6.71. The third kappa shape index (κ3) is 6.19. The second-order valence-corrected chi connectivity index (χ2v) is 7.52. The van der Waals surface area contributed by atoms with E-state index >= 15 is 0 Å². The maximum absolute atomic E-state index is 12.8. The van der Waals surface area contributed by atoms with E-state index in [9.17, 15) is 20.0 Å². The Bertz CT molecular complexity index is 988. The number of anilines is 3. The van der Waals surface area contributed by atoms with Gasteiger partial charge in [0.1, 0.15) is 5.75 Å². The van der Waals surface area contributed by atoms with Crippen molar-refractivity contribution in [2.45, 2.75) is 45.2 Å². The third-order valence-corrected chi connectivity index (χ3v) is 5.08. The molecule has 0 saturated heterocycles. The quantitative estimate of drug-likeness (QED) is 0.458. The van der Waals surface area contributed by atoms with Gasteiger partial charge in [-0.1, -0.05) is 18.6 Å². The van der Waals surface area contributed by atoms with Crippen molar-refractivity contribution in [3.05, 3.63) is 39.9 Å². The Morgan fingerprint density at radius 3 is 2.94 bits per heavy atom. The van der Waals surface area contributed by atoms with Gasteiger partial charge in [0.05, 0.1) is 37.3 Å². The monoisotopic (exact) mass is 460 g/mol. The van der Waals surface area contributed by atoms with E-state index in [4.69, 9.17) is 15.2 Å². The van der Waals surface area contributed by atoms with Crippen molar-refractivity contribution in [1.82, 2.24) is 9.97 Å². The topological polar surface area (TPSA) is 166 Å². The number of aliphatic hydroxyl groups is 1. The Morgan fingerprint density at radius 1 is 1.39 bits per heavy atom. The Kier molecular flexibility index (Phi) is 8.19. The molecule has 2 heterocycles. The number of nitro groups is 1. The van der Waals surface area contributed by atoms with E-state index in [0.717, 1.165) is 24.2 Å². The first-order valence-electron chi connectivity index (χ1n) is 10.8. The summed E-state index contributed by atoms with van der Waals surface area (Å²) in [5, 5.41) is 24.5. The van der Waals surface area contributed by atoms with Gasteiger partial charge in [-0.05, 0) is 43.9 Å². The lowest BCUT2D eigenvalue weighted by Crippen LogP contribution is -2.33. The van der Waals surface area contributed by atoms with Crippen molar-refractivity contribution >= 4 is 29.4 Å².